The first kappa shape index (κ1) is 13.1. The van der Waals surface area contributed by atoms with Crippen LogP contribution in [-0.2, 0) is 13.2 Å². The van der Waals surface area contributed by atoms with Gasteiger partial charge in [0.2, 0.25) is 0 Å². The molecule has 0 unspecified atom stereocenters. The fraction of sp³-hybridized carbons (Fsp3) is 0.154. The molecule has 0 atom stereocenters. The minimum absolute atomic E-state index is 0.322. The number of ether oxygens (including phenoxy) is 1. The summed E-state index contributed by atoms with van der Waals surface area (Å²) >= 11 is 12.0. The minimum Gasteiger partial charge on any atom is -0.487 e. The zero-order chi connectivity index (χ0) is 13.0. The Kier molecular flexibility index (Phi) is 4.42. The van der Waals surface area contributed by atoms with Gasteiger partial charge in [-0.3, -0.25) is 4.98 Å². The molecule has 0 spiro atoms. The molecule has 0 saturated heterocycles. The Bertz CT molecular complexity index is 532. The van der Waals surface area contributed by atoms with E-state index in [0.717, 1.165) is 11.1 Å². The highest BCUT2D eigenvalue weighted by Crippen LogP contribution is 2.32. The van der Waals surface area contributed by atoms with Crippen LogP contribution in [0.4, 0.5) is 0 Å². The number of hydrogen-bond donors (Lipinski definition) is 1. The van der Waals surface area contributed by atoms with Crippen LogP contribution in [0.1, 0.15) is 11.1 Å². The Balaban J connectivity index is 2.19. The molecule has 0 aliphatic heterocycles. The van der Waals surface area contributed by atoms with Crippen molar-refractivity contribution in [3.05, 3.63) is 57.8 Å². The lowest BCUT2D eigenvalue weighted by molar-refractivity contribution is 0.303. The van der Waals surface area contributed by atoms with Crippen LogP contribution in [0.2, 0.25) is 10.0 Å². The standard InChI is InChI=1S/C13H12Cl2N2O/c14-11-4-10(6-16)13(12(15)5-11)18-8-9-2-1-3-17-7-9/h1-5,7H,6,8,16H2. The van der Waals surface area contributed by atoms with Crippen LogP contribution in [0.3, 0.4) is 0 Å². The van der Waals surface area contributed by atoms with Crippen LogP contribution in [0.5, 0.6) is 5.75 Å². The maximum Gasteiger partial charge on any atom is 0.142 e. The Morgan fingerprint density at radius 1 is 1.28 bits per heavy atom. The Hall–Kier alpha value is -1.29. The van der Waals surface area contributed by atoms with Crippen molar-refractivity contribution in [2.75, 3.05) is 0 Å². The van der Waals surface area contributed by atoms with Gasteiger partial charge in [0, 0.05) is 35.1 Å². The molecular weight excluding hydrogens is 271 g/mol. The van der Waals surface area contributed by atoms with Crippen molar-refractivity contribution in [1.82, 2.24) is 4.98 Å². The van der Waals surface area contributed by atoms with Gasteiger partial charge < -0.3 is 10.5 Å². The SMILES string of the molecule is NCc1cc(Cl)cc(Cl)c1OCc1cccnc1. The largest absolute Gasteiger partial charge is 0.487 e. The maximum absolute atomic E-state index is 6.10. The van der Waals surface area contributed by atoms with Gasteiger partial charge >= 0.3 is 0 Å². The van der Waals surface area contributed by atoms with E-state index in [9.17, 15) is 0 Å². The molecule has 0 aliphatic rings. The second-order valence-corrected chi connectivity index (χ2v) is 4.57. The van der Waals surface area contributed by atoms with E-state index in [1.165, 1.54) is 0 Å². The van der Waals surface area contributed by atoms with Gasteiger partial charge in [-0.15, -0.1) is 0 Å². The van der Waals surface area contributed by atoms with Crippen LogP contribution in [0, 0.1) is 0 Å². The molecule has 2 aromatic rings. The van der Waals surface area contributed by atoms with E-state index in [0.29, 0.717) is 28.9 Å². The second kappa shape index (κ2) is 6.05. The summed E-state index contributed by atoms with van der Waals surface area (Å²) in [7, 11) is 0. The summed E-state index contributed by atoms with van der Waals surface area (Å²) in [5.74, 6) is 0.576. The van der Waals surface area contributed by atoms with Crippen LogP contribution < -0.4 is 10.5 Å². The van der Waals surface area contributed by atoms with Gasteiger partial charge in [-0.05, 0) is 18.2 Å². The van der Waals surface area contributed by atoms with Gasteiger partial charge in [0.25, 0.3) is 0 Å². The second-order valence-electron chi connectivity index (χ2n) is 3.73. The van der Waals surface area contributed by atoms with E-state index >= 15 is 0 Å². The monoisotopic (exact) mass is 282 g/mol. The molecule has 0 saturated carbocycles. The van der Waals surface area contributed by atoms with Crippen LogP contribution >= 0.6 is 23.2 Å². The maximum atomic E-state index is 6.10. The van der Waals surface area contributed by atoms with Crippen molar-refractivity contribution in [1.29, 1.82) is 0 Å². The van der Waals surface area contributed by atoms with Crippen molar-refractivity contribution in [3.63, 3.8) is 0 Å². The first-order valence-corrected chi connectivity index (χ1v) is 6.16. The third kappa shape index (κ3) is 3.13. The summed E-state index contributed by atoms with van der Waals surface area (Å²) in [5.41, 5.74) is 7.40. The molecule has 1 aromatic carbocycles. The number of nitrogens with zero attached hydrogens (tertiary/aromatic N) is 1. The molecule has 3 nitrogen and oxygen atoms in total. The zero-order valence-corrected chi connectivity index (χ0v) is 11.1. The van der Waals surface area contributed by atoms with Crippen LogP contribution in [-0.4, -0.2) is 4.98 Å². The molecule has 0 aliphatic carbocycles. The van der Waals surface area contributed by atoms with E-state index < -0.39 is 0 Å². The predicted molar refractivity (Wildman–Crippen MR) is 72.9 cm³/mol. The lowest BCUT2D eigenvalue weighted by Crippen LogP contribution is -2.03. The van der Waals surface area contributed by atoms with E-state index in [4.69, 9.17) is 33.7 Å². The number of pyridine rings is 1. The highest BCUT2D eigenvalue weighted by Gasteiger charge is 2.09. The molecule has 2 N–H and O–H groups in total. The van der Waals surface area contributed by atoms with Crippen LogP contribution in [0.15, 0.2) is 36.7 Å². The number of halogens is 2. The molecule has 18 heavy (non-hydrogen) atoms. The fourth-order valence-electron chi connectivity index (χ4n) is 1.57. The lowest BCUT2D eigenvalue weighted by atomic mass is 10.2. The van der Waals surface area contributed by atoms with Crippen molar-refractivity contribution >= 4 is 23.2 Å². The molecule has 0 fully saturated rings. The normalized spacial score (nSPS) is 10.4. The van der Waals surface area contributed by atoms with Crippen molar-refractivity contribution < 1.29 is 4.74 Å². The van der Waals surface area contributed by atoms with Gasteiger partial charge in [-0.2, -0.15) is 0 Å². The van der Waals surface area contributed by atoms with Gasteiger partial charge in [-0.1, -0.05) is 29.3 Å². The van der Waals surface area contributed by atoms with Gasteiger partial charge in [0.05, 0.1) is 5.02 Å². The summed E-state index contributed by atoms with van der Waals surface area (Å²) in [6.45, 7) is 0.713. The average molecular weight is 283 g/mol. The van der Waals surface area contributed by atoms with E-state index in [1.54, 1.807) is 24.5 Å². The van der Waals surface area contributed by atoms with Crippen molar-refractivity contribution in [2.45, 2.75) is 13.2 Å². The highest BCUT2D eigenvalue weighted by molar-refractivity contribution is 6.35. The molecule has 2 rings (SSSR count). The first-order chi connectivity index (χ1) is 8.70. The first-order valence-electron chi connectivity index (χ1n) is 5.40. The average Bonchev–Trinajstić information content (AvgIpc) is 2.38. The summed E-state index contributed by atoms with van der Waals surface area (Å²) in [5, 5.41) is 1.01. The quantitative estimate of drug-likeness (QED) is 0.935. The van der Waals surface area contributed by atoms with E-state index in [1.807, 2.05) is 12.1 Å². The fourth-order valence-corrected chi connectivity index (χ4v) is 2.16. The summed E-state index contributed by atoms with van der Waals surface area (Å²) < 4.78 is 5.69. The lowest BCUT2D eigenvalue weighted by Gasteiger charge is -2.12. The number of benzene rings is 1. The molecule has 5 heteroatoms. The number of rotatable bonds is 4. The molecule has 1 heterocycles. The molecule has 0 radical (unpaired) electrons. The topological polar surface area (TPSA) is 48.1 Å². The molecule has 0 amide bonds. The minimum atomic E-state index is 0.322. The smallest absolute Gasteiger partial charge is 0.142 e. The Morgan fingerprint density at radius 3 is 2.78 bits per heavy atom. The predicted octanol–water partition coefficient (Wildman–Crippen LogP) is 3.43. The summed E-state index contributed by atoms with van der Waals surface area (Å²) in [6.07, 6.45) is 3.45. The highest BCUT2D eigenvalue weighted by atomic mass is 35.5. The zero-order valence-electron chi connectivity index (χ0n) is 9.57. The molecule has 0 bridgehead atoms. The number of hydrogen-bond acceptors (Lipinski definition) is 3. The molecule has 94 valence electrons. The van der Waals surface area contributed by atoms with Crippen molar-refractivity contribution in [2.24, 2.45) is 5.73 Å². The number of aromatic nitrogens is 1. The summed E-state index contributed by atoms with van der Waals surface area (Å²) in [6, 6.07) is 7.18. The third-order valence-electron chi connectivity index (χ3n) is 2.41. The van der Waals surface area contributed by atoms with Gasteiger partial charge in [-0.25, -0.2) is 0 Å². The van der Waals surface area contributed by atoms with Gasteiger partial charge in [0.1, 0.15) is 12.4 Å². The molecule has 1 aromatic heterocycles. The summed E-state index contributed by atoms with van der Waals surface area (Å²) in [4.78, 5) is 4.02. The van der Waals surface area contributed by atoms with Gasteiger partial charge in [0.15, 0.2) is 0 Å². The van der Waals surface area contributed by atoms with E-state index in [2.05, 4.69) is 4.98 Å². The Labute approximate surface area is 115 Å². The van der Waals surface area contributed by atoms with Crippen molar-refractivity contribution in [3.8, 4) is 5.75 Å². The van der Waals surface area contributed by atoms with Crippen LogP contribution in [0.25, 0.3) is 0 Å². The third-order valence-corrected chi connectivity index (χ3v) is 2.91. The molecular formula is C13H12Cl2N2O. The number of nitrogens with two attached hydrogens (primary N) is 1. The van der Waals surface area contributed by atoms with E-state index in [-0.39, 0.29) is 0 Å². The Morgan fingerprint density at radius 2 is 2.11 bits per heavy atom.